The fourth-order valence-electron chi connectivity index (χ4n) is 2.44. The Morgan fingerprint density at radius 1 is 1.04 bits per heavy atom. The molecule has 0 saturated carbocycles. The third-order valence-electron chi connectivity index (χ3n) is 3.94. The standard InChI is InChI=1S/C21H22N4O3/c1-27-18-5-7-19(8-6-18)28-12-11-23-20-9-4-17(15-24-20)21(26)25-14-16-3-2-10-22-13-16/h2-10,13,15H,11-12,14H2,1H3,(H,23,24)(H,25,26). The summed E-state index contributed by atoms with van der Waals surface area (Å²) < 4.78 is 10.8. The van der Waals surface area contributed by atoms with Crippen molar-refractivity contribution in [1.29, 1.82) is 0 Å². The predicted octanol–water partition coefficient (Wildman–Crippen LogP) is 2.91. The summed E-state index contributed by atoms with van der Waals surface area (Å²) in [5.74, 6) is 2.07. The van der Waals surface area contributed by atoms with Gasteiger partial charge in [-0.1, -0.05) is 6.07 Å². The molecule has 7 heteroatoms. The van der Waals surface area contributed by atoms with Gasteiger partial charge < -0.3 is 20.1 Å². The average molecular weight is 378 g/mol. The Hall–Kier alpha value is -3.61. The molecule has 0 aliphatic rings. The number of hydrogen-bond acceptors (Lipinski definition) is 6. The number of nitrogens with one attached hydrogen (secondary N) is 2. The summed E-state index contributed by atoms with van der Waals surface area (Å²) in [5, 5.41) is 6.01. The Morgan fingerprint density at radius 3 is 2.54 bits per heavy atom. The quantitative estimate of drug-likeness (QED) is 0.557. The molecule has 1 aromatic carbocycles. The minimum atomic E-state index is -0.175. The average Bonchev–Trinajstić information content (AvgIpc) is 2.76. The normalized spacial score (nSPS) is 10.2. The number of aromatic nitrogens is 2. The van der Waals surface area contributed by atoms with Crippen molar-refractivity contribution in [3.8, 4) is 11.5 Å². The number of nitrogens with zero attached hydrogens (tertiary/aromatic N) is 2. The molecule has 28 heavy (non-hydrogen) atoms. The second-order valence-electron chi connectivity index (χ2n) is 5.93. The van der Waals surface area contributed by atoms with E-state index >= 15 is 0 Å². The highest BCUT2D eigenvalue weighted by Gasteiger charge is 2.06. The number of ether oxygens (including phenoxy) is 2. The molecular formula is C21H22N4O3. The van der Waals surface area contributed by atoms with E-state index in [1.807, 2.05) is 36.4 Å². The zero-order valence-corrected chi connectivity index (χ0v) is 15.6. The number of methoxy groups -OCH3 is 1. The summed E-state index contributed by atoms with van der Waals surface area (Å²) in [4.78, 5) is 20.5. The number of carbonyl (C=O) groups excluding carboxylic acids is 1. The van der Waals surface area contributed by atoms with E-state index in [9.17, 15) is 4.79 Å². The van der Waals surface area contributed by atoms with Gasteiger partial charge in [-0.3, -0.25) is 9.78 Å². The molecule has 144 valence electrons. The summed E-state index contributed by atoms with van der Waals surface area (Å²) >= 11 is 0. The van der Waals surface area contributed by atoms with Crippen LogP contribution in [0.15, 0.2) is 67.1 Å². The van der Waals surface area contributed by atoms with Gasteiger partial charge in [0.05, 0.1) is 19.2 Å². The number of rotatable bonds is 9. The smallest absolute Gasteiger partial charge is 0.253 e. The highest BCUT2D eigenvalue weighted by molar-refractivity contribution is 5.93. The van der Waals surface area contributed by atoms with E-state index in [4.69, 9.17) is 9.47 Å². The molecule has 0 fully saturated rings. The van der Waals surface area contributed by atoms with Crippen LogP contribution >= 0.6 is 0 Å². The molecule has 2 N–H and O–H groups in total. The van der Waals surface area contributed by atoms with Crippen molar-refractivity contribution in [1.82, 2.24) is 15.3 Å². The fourth-order valence-corrected chi connectivity index (χ4v) is 2.44. The molecule has 0 radical (unpaired) electrons. The molecule has 0 unspecified atom stereocenters. The van der Waals surface area contributed by atoms with Crippen molar-refractivity contribution in [3.63, 3.8) is 0 Å². The Balaban J connectivity index is 1.40. The Labute approximate surface area is 163 Å². The minimum Gasteiger partial charge on any atom is -0.497 e. The van der Waals surface area contributed by atoms with E-state index in [0.717, 1.165) is 17.1 Å². The van der Waals surface area contributed by atoms with Crippen LogP contribution in [0.1, 0.15) is 15.9 Å². The van der Waals surface area contributed by atoms with Gasteiger partial charge in [0, 0.05) is 25.1 Å². The van der Waals surface area contributed by atoms with Crippen molar-refractivity contribution in [2.45, 2.75) is 6.54 Å². The van der Waals surface area contributed by atoms with Crippen molar-refractivity contribution in [2.75, 3.05) is 25.6 Å². The molecule has 0 aliphatic carbocycles. The zero-order chi connectivity index (χ0) is 19.6. The second kappa shape index (κ2) is 9.91. The van der Waals surface area contributed by atoms with Crippen LogP contribution in [0.25, 0.3) is 0 Å². The lowest BCUT2D eigenvalue weighted by atomic mass is 10.2. The van der Waals surface area contributed by atoms with Gasteiger partial charge in [-0.05, 0) is 48.0 Å². The molecule has 1 amide bonds. The van der Waals surface area contributed by atoms with Crippen LogP contribution in [0, 0.1) is 0 Å². The monoisotopic (exact) mass is 378 g/mol. The molecule has 0 atom stereocenters. The third-order valence-corrected chi connectivity index (χ3v) is 3.94. The van der Waals surface area contributed by atoms with Crippen molar-refractivity contribution in [2.24, 2.45) is 0 Å². The highest BCUT2D eigenvalue weighted by atomic mass is 16.5. The van der Waals surface area contributed by atoms with Crippen LogP contribution < -0.4 is 20.1 Å². The Bertz CT molecular complexity index is 868. The molecular weight excluding hydrogens is 356 g/mol. The number of pyridine rings is 2. The second-order valence-corrected chi connectivity index (χ2v) is 5.93. The van der Waals surface area contributed by atoms with Gasteiger partial charge in [0.2, 0.25) is 0 Å². The van der Waals surface area contributed by atoms with Gasteiger partial charge in [0.25, 0.3) is 5.91 Å². The van der Waals surface area contributed by atoms with Gasteiger partial charge >= 0.3 is 0 Å². The molecule has 3 rings (SSSR count). The van der Waals surface area contributed by atoms with Crippen LogP contribution in [-0.2, 0) is 6.54 Å². The molecule has 7 nitrogen and oxygen atoms in total. The van der Waals surface area contributed by atoms with E-state index in [0.29, 0.717) is 31.1 Å². The summed E-state index contributed by atoms with van der Waals surface area (Å²) in [6.45, 7) is 1.50. The van der Waals surface area contributed by atoms with E-state index in [-0.39, 0.29) is 5.91 Å². The van der Waals surface area contributed by atoms with Crippen molar-refractivity contribution >= 4 is 11.7 Å². The highest BCUT2D eigenvalue weighted by Crippen LogP contribution is 2.16. The SMILES string of the molecule is COc1ccc(OCCNc2ccc(C(=O)NCc3cccnc3)cn2)cc1. The molecule has 0 aliphatic heterocycles. The first-order valence-electron chi connectivity index (χ1n) is 8.88. The Kier molecular flexibility index (Phi) is 6.78. The van der Waals surface area contributed by atoms with Crippen LogP contribution in [0.4, 0.5) is 5.82 Å². The van der Waals surface area contributed by atoms with Crippen LogP contribution in [0.2, 0.25) is 0 Å². The van der Waals surface area contributed by atoms with Crippen LogP contribution in [0.5, 0.6) is 11.5 Å². The van der Waals surface area contributed by atoms with E-state index < -0.39 is 0 Å². The summed E-state index contributed by atoms with van der Waals surface area (Å²) in [6.07, 6.45) is 4.97. The summed E-state index contributed by atoms with van der Waals surface area (Å²) in [7, 11) is 1.63. The van der Waals surface area contributed by atoms with E-state index in [1.165, 1.54) is 0 Å². The zero-order valence-electron chi connectivity index (χ0n) is 15.6. The molecule has 0 saturated heterocycles. The topological polar surface area (TPSA) is 85.4 Å². The first-order valence-corrected chi connectivity index (χ1v) is 8.88. The van der Waals surface area contributed by atoms with E-state index in [1.54, 1.807) is 37.8 Å². The molecule has 3 aromatic rings. The van der Waals surface area contributed by atoms with Gasteiger partial charge in [0.15, 0.2) is 0 Å². The predicted molar refractivity (Wildman–Crippen MR) is 107 cm³/mol. The van der Waals surface area contributed by atoms with E-state index in [2.05, 4.69) is 20.6 Å². The fraction of sp³-hybridized carbons (Fsp3) is 0.190. The number of carbonyl (C=O) groups is 1. The van der Waals surface area contributed by atoms with Gasteiger partial charge in [0.1, 0.15) is 23.9 Å². The number of amides is 1. The first kappa shape index (κ1) is 19.2. The molecule has 0 bridgehead atoms. The summed E-state index contributed by atoms with van der Waals surface area (Å²) in [5.41, 5.74) is 1.45. The number of anilines is 1. The Morgan fingerprint density at radius 2 is 1.86 bits per heavy atom. The maximum Gasteiger partial charge on any atom is 0.253 e. The molecule has 2 aromatic heterocycles. The molecule has 0 spiro atoms. The maximum atomic E-state index is 12.2. The minimum absolute atomic E-state index is 0.175. The lowest BCUT2D eigenvalue weighted by Crippen LogP contribution is -2.23. The third kappa shape index (κ3) is 5.70. The largest absolute Gasteiger partial charge is 0.497 e. The maximum absolute atomic E-state index is 12.2. The van der Waals surface area contributed by atoms with Crippen LogP contribution in [-0.4, -0.2) is 36.1 Å². The molecule has 2 heterocycles. The first-order chi connectivity index (χ1) is 13.7. The van der Waals surface area contributed by atoms with Crippen molar-refractivity contribution in [3.05, 3.63) is 78.2 Å². The lowest BCUT2D eigenvalue weighted by molar-refractivity contribution is 0.0950. The number of hydrogen-bond donors (Lipinski definition) is 2. The van der Waals surface area contributed by atoms with Gasteiger partial charge in [-0.25, -0.2) is 4.98 Å². The van der Waals surface area contributed by atoms with Crippen molar-refractivity contribution < 1.29 is 14.3 Å². The summed E-state index contributed by atoms with van der Waals surface area (Å²) in [6, 6.07) is 14.7. The van der Waals surface area contributed by atoms with Gasteiger partial charge in [-0.15, -0.1) is 0 Å². The lowest BCUT2D eigenvalue weighted by Gasteiger charge is -2.09. The van der Waals surface area contributed by atoms with Gasteiger partial charge in [-0.2, -0.15) is 0 Å². The van der Waals surface area contributed by atoms with Crippen LogP contribution in [0.3, 0.4) is 0 Å². The number of benzene rings is 1.